The maximum Gasteiger partial charge on any atom is 0.144 e. The average molecular weight is 205 g/mol. The minimum absolute atomic E-state index is 0.414. The van der Waals surface area contributed by atoms with Gasteiger partial charge >= 0.3 is 0 Å². The molecule has 0 saturated carbocycles. The molecule has 2 rings (SSSR count). The molecule has 0 aromatic carbocycles. The van der Waals surface area contributed by atoms with Gasteiger partial charge in [0.15, 0.2) is 0 Å². The summed E-state index contributed by atoms with van der Waals surface area (Å²) in [7, 11) is 0. The third-order valence-electron chi connectivity index (χ3n) is 1.79. The van der Waals surface area contributed by atoms with Gasteiger partial charge in [0.1, 0.15) is 11.6 Å². The smallest absolute Gasteiger partial charge is 0.144 e. The van der Waals surface area contributed by atoms with Gasteiger partial charge in [-0.05, 0) is 0 Å². The summed E-state index contributed by atoms with van der Waals surface area (Å²) in [5, 5.41) is 10.6. The first-order valence-electron chi connectivity index (χ1n) is 4.50. The van der Waals surface area contributed by atoms with E-state index in [0.717, 1.165) is 6.54 Å². The highest BCUT2D eigenvalue weighted by atomic mass is 15.4. The van der Waals surface area contributed by atoms with Crippen molar-refractivity contribution >= 4 is 11.6 Å². The number of hydrogen-bond donors (Lipinski definition) is 2. The number of hydrogen-bond acceptors (Lipinski definition) is 6. The fraction of sp³-hybridized carbons (Fsp3) is 0.250. The molecule has 0 aliphatic carbocycles. The molecule has 0 saturated heterocycles. The minimum Gasteiger partial charge on any atom is -0.382 e. The van der Waals surface area contributed by atoms with Gasteiger partial charge in [-0.1, -0.05) is 5.21 Å². The highest BCUT2D eigenvalue weighted by Crippen LogP contribution is 2.00. The predicted molar refractivity (Wildman–Crippen MR) is 55.0 cm³/mol. The summed E-state index contributed by atoms with van der Waals surface area (Å²) in [4.78, 5) is 7.97. The zero-order valence-electron chi connectivity index (χ0n) is 8.04. The Balaban J connectivity index is 1.81. The molecule has 0 radical (unpaired) electrons. The average Bonchev–Trinajstić information content (AvgIpc) is 2.74. The molecule has 0 spiro atoms. The fourth-order valence-corrected chi connectivity index (χ4v) is 1.08. The van der Waals surface area contributed by atoms with Crippen molar-refractivity contribution in [2.24, 2.45) is 0 Å². The predicted octanol–water partition coefficient (Wildman–Crippen LogP) is -0.238. The molecule has 0 unspecified atom stereocenters. The molecule has 0 amide bonds. The third-order valence-corrected chi connectivity index (χ3v) is 1.79. The number of nitrogen functional groups attached to an aromatic ring is 1. The second kappa shape index (κ2) is 4.36. The van der Waals surface area contributed by atoms with Crippen molar-refractivity contribution in [1.29, 1.82) is 0 Å². The lowest BCUT2D eigenvalue weighted by Crippen LogP contribution is -2.12. The van der Waals surface area contributed by atoms with Crippen LogP contribution in [0.15, 0.2) is 24.8 Å². The number of aromatic nitrogens is 5. The van der Waals surface area contributed by atoms with Gasteiger partial charge in [0, 0.05) is 12.7 Å². The maximum absolute atomic E-state index is 5.41. The van der Waals surface area contributed by atoms with E-state index in [2.05, 4.69) is 25.6 Å². The number of nitrogens with one attached hydrogen (secondary N) is 1. The summed E-state index contributed by atoms with van der Waals surface area (Å²) < 4.78 is 1.73. The number of rotatable bonds is 4. The summed E-state index contributed by atoms with van der Waals surface area (Å²) in [5.74, 6) is 1.11. The molecule has 0 aliphatic heterocycles. The molecule has 0 aliphatic rings. The van der Waals surface area contributed by atoms with Gasteiger partial charge in [0.2, 0.25) is 0 Å². The van der Waals surface area contributed by atoms with Crippen LogP contribution in [0.5, 0.6) is 0 Å². The van der Waals surface area contributed by atoms with E-state index in [1.54, 1.807) is 23.3 Å². The van der Waals surface area contributed by atoms with E-state index in [0.29, 0.717) is 18.2 Å². The Labute approximate surface area is 86.3 Å². The summed E-state index contributed by atoms with van der Waals surface area (Å²) >= 11 is 0. The molecule has 3 N–H and O–H groups in total. The number of anilines is 2. The number of nitrogens with zero attached hydrogens (tertiary/aromatic N) is 5. The Kier molecular flexibility index (Phi) is 2.72. The van der Waals surface area contributed by atoms with Crippen LogP contribution in [0.4, 0.5) is 11.6 Å². The van der Waals surface area contributed by atoms with Crippen molar-refractivity contribution in [3.63, 3.8) is 0 Å². The van der Waals surface area contributed by atoms with Crippen LogP contribution in [0, 0.1) is 0 Å². The lowest BCUT2D eigenvalue weighted by Gasteiger charge is -2.04. The van der Waals surface area contributed by atoms with Crippen molar-refractivity contribution in [3.05, 3.63) is 24.8 Å². The molecule has 7 heteroatoms. The highest BCUT2D eigenvalue weighted by molar-refractivity contribution is 5.35. The molecule has 2 aromatic rings. The topological polar surface area (TPSA) is 94.5 Å². The zero-order valence-corrected chi connectivity index (χ0v) is 8.04. The van der Waals surface area contributed by atoms with Crippen molar-refractivity contribution in [3.8, 4) is 0 Å². The van der Waals surface area contributed by atoms with E-state index in [1.807, 2.05) is 0 Å². The third kappa shape index (κ3) is 2.63. The van der Waals surface area contributed by atoms with Crippen LogP contribution in [-0.2, 0) is 6.54 Å². The first kappa shape index (κ1) is 9.38. The van der Waals surface area contributed by atoms with Crippen molar-refractivity contribution in [2.45, 2.75) is 6.54 Å². The summed E-state index contributed by atoms with van der Waals surface area (Å²) in [6, 6.07) is 0. The number of nitrogens with two attached hydrogens (primary N) is 1. The first-order chi connectivity index (χ1) is 7.34. The van der Waals surface area contributed by atoms with Gasteiger partial charge < -0.3 is 11.1 Å². The van der Waals surface area contributed by atoms with Crippen molar-refractivity contribution in [2.75, 3.05) is 17.6 Å². The van der Waals surface area contributed by atoms with Crippen LogP contribution in [0.3, 0.4) is 0 Å². The van der Waals surface area contributed by atoms with E-state index in [-0.39, 0.29) is 0 Å². The zero-order chi connectivity index (χ0) is 10.5. The molecule has 78 valence electrons. The Bertz CT molecular complexity index is 393. The van der Waals surface area contributed by atoms with Gasteiger partial charge in [0.25, 0.3) is 0 Å². The molecular formula is C8H11N7. The molecule has 0 bridgehead atoms. The molecule has 2 aromatic heterocycles. The summed E-state index contributed by atoms with van der Waals surface area (Å²) in [6.45, 7) is 1.44. The lowest BCUT2D eigenvalue weighted by atomic mass is 10.5. The SMILES string of the molecule is Nc1cnc(NCCn2ccnn2)cn1. The monoisotopic (exact) mass is 205 g/mol. The molecule has 7 nitrogen and oxygen atoms in total. The standard InChI is InChI=1S/C8H11N7/c9-7-5-12-8(6-11-7)10-1-3-15-4-2-13-14-15/h2,4-6H,1,3H2,(H2,9,11)(H,10,12). The van der Waals surface area contributed by atoms with Crippen molar-refractivity contribution < 1.29 is 0 Å². The Morgan fingerprint density at radius 2 is 2.27 bits per heavy atom. The second-order valence-corrected chi connectivity index (χ2v) is 2.92. The largest absolute Gasteiger partial charge is 0.382 e. The van der Waals surface area contributed by atoms with E-state index in [9.17, 15) is 0 Å². The van der Waals surface area contributed by atoms with Crippen molar-refractivity contribution in [1.82, 2.24) is 25.0 Å². The van der Waals surface area contributed by atoms with Gasteiger partial charge in [-0.25, -0.2) is 9.97 Å². The van der Waals surface area contributed by atoms with Crippen LogP contribution in [0.25, 0.3) is 0 Å². The van der Waals surface area contributed by atoms with Gasteiger partial charge in [-0.15, -0.1) is 5.10 Å². The van der Waals surface area contributed by atoms with Gasteiger partial charge in [0.05, 0.1) is 25.1 Å². The Hall–Kier alpha value is -2.18. The van der Waals surface area contributed by atoms with Gasteiger partial charge in [-0.2, -0.15) is 0 Å². The Morgan fingerprint density at radius 1 is 1.33 bits per heavy atom. The second-order valence-electron chi connectivity index (χ2n) is 2.92. The van der Waals surface area contributed by atoms with E-state index >= 15 is 0 Å². The summed E-state index contributed by atoms with van der Waals surface area (Å²) in [6.07, 6.45) is 6.55. The summed E-state index contributed by atoms with van der Waals surface area (Å²) in [5.41, 5.74) is 5.41. The van der Waals surface area contributed by atoms with Crippen LogP contribution < -0.4 is 11.1 Å². The quantitative estimate of drug-likeness (QED) is 0.715. The first-order valence-corrected chi connectivity index (χ1v) is 4.50. The molecular weight excluding hydrogens is 194 g/mol. The molecule has 15 heavy (non-hydrogen) atoms. The molecule has 2 heterocycles. The van der Waals surface area contributed by atoms with E-state index in [1.165, 1.54) is 6.20 Å². The maximum atomic E-state index is 5.41. The Morgan fingerprint density at radius 3 is 2.93 bits per heavy atom. The minimum atomic E-state index is 0.414. The van der Waals surface area contributed by atoms with E-state index < -0.39 is 0 Å². The fourth-order valence-electron chi connectivity index (χ4n) is 1.08. The van der Waals surface area contributed by atoms with Gasteiger partial charge in [-0.3, -0.25) is 4.68 Å². The lowest BCUT2D eigenvalue weighted by molar-refractivity contribution is 0.608. The molecule has 0 atom stereocenters. The normalized spacial score (nSPS) is 10.1. The van der Waals surface area contributed by atoms with Crippen LogP contribution in [0.1, 0.15) is 0 Å². The van der Waals surface area contributed by atoms with Crippen LogP contribution in [0.2, 0.25) is 0 Å². The molecule has 0 fully saturated rings. The van der Waals surface area contributed by atoms with Crippen LogP contribution in [-0.4, -0.2) is 31.5 Å². The highest BCUT2D eigenvalue weighted by Gasteiger charge is 1.94. The van der Waals surface area contributed by atoms with E-state index in [4.69, 9.17) is 5.73 Å². The van der Waals surface area contributed by atoms with Crippen LogP contribution >= 0.6 is 0 Å².